The summed E-state index contributed by atoms with van der Waals surface area (Å²) in [7, 11) is 0. The first-order valence-electron chi connectivity index (χ1n) is 9.60. The van der Waals surface area contributed by atoms with E-state index < -0.39 is 16.8 Å². The maximum atomic E-state index is 12.7. The Morgan fingerprint density at radius 3 is 2.65 bits per heavy atom. The minimum Gasteiger partial charge on any atom is -0.480 e. The van der Waals surface area contributed by atoms with Crippen LogP contribution < -0.4 is 5.32 Å². The lowest BCUT2D eigenvalue weighted by Crippen LogP contribution is -2.74. The monoisotopic (exact) mass is 453 g/mol. The van der Waals surface area contributed by atoms with Crippen LogP contribution in [-0.2, 0) is 20.8 Å². The third kappa shape index (κ3) is 4.13. The van der Waals surface area contributed by atoms with Gasteiger partial charge in [-0.25, -0.2) is 0 Å². The summed E-state index contributed by atoms with van der Waals surface area (Å²) in [5.41, 5.74) is 1.26. The molecule has 3 atom stereocenters. The average Bonchev–Trinajstić information content (AvgIpc) is 2.78. The summed E-state index contributed by atoms with van der Waals surface area (Å²) in [5, 5.41) is 21.8. The van der Waals surface area contributed by atoms with Gasteiger partial charge in [-0.2, -0.15) is 5.26 Å². The number of hydrogen-bond donors (Lipinski definition) is 2. The second kappa shape index (κ2) is 8.65. The van der Waals surface area contributed by atoms with E-state index in [1.807, 2.05) is 30.3 Å². The molecule has 9 heteroatoms. The van der Waals surface area contributed by atoms with E-state index in [0.29, 0.717) is 10.5 Å². The molecular weight excluding hydrogens is 434 g/mol. The molecule has 0 aromatic heterocycles. The SMILES string of the molecule is N#Cc1ccccc1SC1(C(=O)O)CS[C@@H]2[C@H](NC(=O)Cc3ccccc3)C(=O)N2C1. The lowest BCUT2D eigenvalue weighted by molar-refractivity contribution is -0.152. The molecule has 2 aliphatic heterocycles. The third-order valence-corrected chi connectivity index (χ3v) is 8.41. The van der Waals surface area contributed by atoms with Crippen LogP contribution in [0.1, 0.15) is 11.1 Å². The van der Waals surface area contributed by atoms with Gasteiger partial charge in [0.1, 0.15) is 22.2 Å². The number of rotatable bonds is 6. The minimum atomic E-state index is -1.26. The summed E-state index contributed by atoms with van der Waals surface area (Å²) >= 11 is 2.45. The molecule has 158 valence electrons. The van der Waals surface area contributed by atoms with Crippen LogP contribution in [0.25, 0.3) is 0 Å². The molecule has 31 heavy (non-hydrogen) atoms. The molecule has 0 aliphatic carbocycles. The number of nitriles is 1. The Labute approximate surface area is 187 Å². The van der Waals surface area contributed by atoms with Crippen LogP contribution in [0.15, 0.2) is 59.5 Å². The predicted octanol–water partition coefficient (Wildman–Crippen LogP) is 2.12. The molecule has 2 N–H and O–H groups in total. The molecule has 2 aliphatic rings. The second-order valence-corrected chi connectivity index (χ2v) is 9.92. The van der Waals surface area contributed by atoms with Crippen molar-refractivity contribution in [3.63, 3.8) is 0 Å². The van der Waals surface area contributed by atoms with E-state index in [9.17, 15) is 24.8 Å². The Morgan fingerprint density at radius 2 is 1.94 bits per heavy atom. The molecule has 0 radical (unpaired) electrons. The number of carboxylic acid groups (broad SMARTS) is 1. The normalized spacial score (nSPS) is 24.5. The Morgan fingerprint density at radius 1 is 1.23 bits per heavy atom. The van der Waals surface area contributed by atoms with E-state index in [1.165, 1.54) is 16.7 Å². The fraction of sp³-hybridized carbons (Fsp3) is 0.273. The predicted molar refractivity (Wildman–Crippen MR) is 117 cm³/mol. The van der Waals surface area contributed by atoms with Gasteiger partial charge < -0.3 is 15.3 Å². The van der Waals surface area contributed by atoms with Crippen molar-refractivity contribution in [1.29, 1.82) is 5.26 Å². The van der Waals surface area contributed by atoms with Crippen LogP contribution in [0.2, 0.25) is 0 Å². The Balaban J connectivity index is 1.44. The fourth-order valence-corrected chi connectivity index (χ4v) is 6.56. The highest BCUT2D eigenvalue weighted by Crippen LogP contribution is 2.46. The molecule has 0 spiro atoms. The van der Waals surface area contributed by atoms with E-state index in [2.05, 4.69) is 11.4 Å². The molecule has 2 aromatic carbocycles. The van der Waals surface area contributed by atoms with Crippen molar-refractivity contribution in [2.45, 2.75) is 27.5 Å². The smallest absolute Gasteiger partial charge is 0.322 e. The van der Waals surface area contributed by atoms with E-state index in [1.54, 1.807) is 24.3 Å². The Bertz CT molecular complexity index is 1070. The molecule has 0 saturated carbocycles. The summed E-state index contributed by atoms with van der Waals surface area (Å²) in [6.07, 6.45) is 0.182. The van der Waals surface area contributed by atoms with Crippen molar-refractivity contribution >= 4 is 41.3 Å². The first-order valence-corrected chi connectivity index (χ1v) is 11.5. The van der Waals surface area contributed by atoms with Gasteiger partial charge >= 0.3 is 5.97 Å². The molecule has 4 rings (SSSR count). The highest BCUT2D eigenvalue weighted by Gasteiger charge is 2.58. The highest BCUT2D eigenvalue weighted by atomic mass is 32.2. The van der Waals surface area contributed by atoms with Crippen LogP contribution in [-0.4, -0.2) is 56.3 Å². The largest absolute Gasteiger partial charge is 0.480 e. The molecule has 2 fully saturated rings. The van der Waals surface area contributed by atoms with Gasteiger partial charge in [-0.15, -0.1) is 23.5 Å². The zero-order chi connectivity index (χ0) is 22.0. The number of hydrogen-bond acceptors (Lipinski definition) is 6. The van der Waals surface area contributed by atoms with Crippen LogP contribution in [0.5, 0.6) is 0 Å². The number of nitrogens with zero attached hydrogens (tertiary/aromatic N) is 2. The molecule has 1 unspecified atom stereocenters. The van der Waals surface area contributed by atoms with Crippen molar-refractivity contribution in [3.05, 3.63) is 65.7 Å². The number of carbonyl (C=O) groups excluding carboxylic acids is 2. The molecule has 2 heterocycles. The molecule has 7 nitrogen and oxygen atoms in total. The Kier molecular flexibility index (Phi) is 5.94. The topological polar surface area (TPSA) is 110 Å². The number of carboxylic acids is 1. The number of benzene rings is 2. The number of β-lactam (4-membered cyclic amide) rings is 1. The van der Waals surface area contributed by atoms with Crippen molar-refractivity contribution in [2.75, 3.05) is 12.3 Å². The third-order valence-electron chi connectivity index (χ3n) is 5.28. The van der Waals surface area contributed by atoms with Gasteiger partial charge in [0.25, 0.3) is 0 Å². The summed E-state index contributed by atoms with van der Waals surface area (Å²) in [6, 6.07) is 17.5. The second-order valence-electron chi connectivity index (χ2n) is 7.38. The lowest BCUT2D eigenvalue weighted by atomic mass is 10.0. The van der Waals surface area contributed by atoms with Crippen LogP contribution in [0, 0.1) is 11.3 Å². The number of amides is 2. The average molecular weight is 454 g/mol. The van der Waals surface area contributed by atoms with Gasteiger partial charge in [0.05, 0.1) is 12.0 Å². The standard InChI is InChI=1S/C22H19N3O4S2/c23-11-15-8-4-5-9-16(15)31-22(21(28)29)12-25-19(27)18(20(25)30-13-22)24-17(26)10-14-6-2-1-3-7-14/h1-9,18,20H,10,12-13H2,(H,24,26)(H,28,29)/t18-,20-,22?/m1/s1. The molecular formula is C22H19N3O4S2. The van der Waals surface area contributed by atoms with Crippen LogP contribution in [0.3, 0.4) is 0 Å². The van der Waals surface area contributed by atoms with Gasteiger partial charge in [-0.05, 0) is 17.7 Å². The number of fused-ring (bicyclic) bond motifs is 1. The summed E-state index contributed by atoms with van der Waals surface area (Å²) < 4.78 is -1.26. The van der Waals surface area contributed by atoms with Crippen molar-refractivity contribution < 1.29 is 19.5 Å². The quantitative estimate of drug-likeness (QED) is 0.645. The van der Waals surface area contributed by atoms with Gasteiger partial charge in [-0.3, -0.25) is 14.4 Å². The fourth-order valence-electron chi connectivity index (χ4n) is 3.65. The van der Waals surface area contributed by atoms with Gasteiger partial charge in [0.2, 0.25) is 11.8 Å². The molecule has 2 amide bonds. The maximum Gasteiger partial charge on any atom is 0.322 e. The Hall–Kier alpha value is -2.96. The minimum absolute atomic E-state index is 0.0221. The first-order chi connectivity index (χ1) is 14.9. The summed E-state index contributed by atoms with van der Waals surface area (Å²) in [5.74, 6) is -1.29. The number of thioether (sulfide) groups is 2. The maximum absolute atomic E-state index is 12.7. The first kappa shape index (κ1) is 21.3. The number of carbonyl (C=O) groups is 3. The van der Waals surface area contributed by atoms with Crippen molar-refractivity contribution in [3.8, 4) is 6.07 Å². The molecule has 2 aromatic rings. The summed E-state index contributed by atoms with van der Waals surface area (Å²) in [6.45, 7) is 0.0221. The van der Waals surface area contributed by atoms with Crippen LogP contribution >= 0.6 is 23.5 Å². The zero-order valence-electron chi connectivity index (χ0n) is 16.4. The highest BCUT2D eigenvalue weighted by molar-refractivity contribution is 8.05. The van der Waals surface area contributed by atoms with Crippen molar-refractivity contribution in [2.24, 2.45) is 0 Å². The molecule has 2 saturated heterocycles. The van der Waals surface area contributed by atoms with E-state index >= 15 is 0 Å². The number of aliphatic carboxylic acids is 1. The lowest BCUT2D eigenvalue weighted by Gasteiger charge is -2.53. The zero-order valence-corrected chi connectivity index (χ0v) is 18.0. The van der Waals surface area contributed by atoms with E-state index in [-0.39, 0.29) is 35.9 Å². The van der Waals surface area contributed by atoms with Gasteiger partial charge in [0, 0.05) is 17.2 Å². The summed E-state index contributed by atoms with van der Waals surface area (Å²) in [4.78, 5) is 39.4. The number of nitrogens with one attached hydrogen (secondary N) is 1. The van der Waals surface area contributed by atoms with Gasteiger partial charge in [-0.1, -0.05) is 42.5 Å². The van der Waals surface area contributed by atoms with Crippen molar-refractivity contribution in [1.82, 2.24) is 10.2 Å². The van der Waals surface area contributed by atoms with Crippen LogP contribution in [0.4, 0.5) is 0 Å². The molecule has 0 bridgehead atoms. The van der Waals surface area contributed by atoms with E-state index in [4.69, 9.17) is 0 Å². The van der Waals surface area contributed by atoms with Gasteiger partial charge in [0.15, 0.2) is 0 Å². The van der Waals surface area contributed by atoms with E-state index in [0.717, 1.165) is 17.3 Å².